The molecule has 0 unspecified atom stereocenters. The van der Waals surface area contributed by atoms with Gasteiger partial charge in [-0.1, -0.05) is 68.4 Å². The number of halogens is 1. The third kappa shape index (κ3) is 11.6. The van der Waals surface area contributed by atoms with Gasteiger partial charge in [-0.05, 0) is 67.5 Å². The summed E-state index contributed by atoms with van der Waals surface area (Å²) in [6.45, 7) is 12.7. The van der Waals surface area contributed by atoms with Crippen molar-refractivity contribution in [1.82, 2.24) is 25.0 Å². The van der Waals surface area contributed by atoms with Crippen LogP contribution >= 0.6 is 11.3 Å². The zero-order valence-corrected chi connectivity index (χ0v) is 36.5. The molecular formula is C47H59FN6O6S. The smallest absolute Gasteiger partial charge is 0.273 e. The van der Waals surface area contributed by atoms with Crippen molar-refractivity contribution in [2.75, 3.05) is 77.6 Å². The van der Waals surface area contributed by atoms with E-state index in [0.717, 1.165) is 47.6 Å². The van der Waals surface area contributed by atoms with Crippen LogP contribution in [0.15, 0.2) is 66.0 Å². The van der Waals surface area contributed by atoms with Crippen LogP contribution in [0.1, 0.15) is 82.3 Å². The number of aryl methyl sites for hydroxylation is 1. The summed E-state index contributed by atoms with van der Waals surface area (Å²) in [5, 5.41) is 9.16. The highest BCUT2D eigenvalue weighted by atomic mass is 32.1. The molecule has 0 atom stereocenters. The minimum absolute atomic E-state index is 0.000412. The van der Waals surface area contributed by atoms with Crippen molar-refractivity contribution < 1.29 is 33.0 Å². The maximum atomic E-state index is 15.8. The van der Waals surface area contributed by atoms with Gasteiger partial charge in [0, 0.05) is 62.7 Å². The van der Waals surface area contributed by atoms with Crippen molar-refractivity contribution in [2.45, 2.75) is 77.5 Å². The standard InChI is InChI=1S/C47H59FN6O6S/c1-33(2)45-51-40(31-61-45)46(57)54-24-27-60-47(32-54)17-21-52(22-18-47)28-38-12-6-10-35(43(38)48)15-25-58-26-16-42(56)53(29-37-9-5-4-8-34(37)3)23-20-49-19-14-36-11-7-13-39-44(36)59-30-41(55)50-39/h4-13,31,33,49H,14-30,32H2,1-3H3,(H,50,55). The number of morpholine rings is 1. The third-order valence-electron chi connectivity index (χ3n) is 11.9. The summed E-state index contributed by atoms with van der Waals surface area (Å²) in [6, 6.07) is 19.4. The van der Waals surface area contributed by atoms with E-state index in [1.165, 1.54) is 11.3 Å². The van der Waals surface area contributed by atoms with E-state index in [4.69, 9.17) is 14.2 Å². The molecule has 14 heteroatoms. The number of nitrogens with one attached hydrogen (secondary N) is 2. The number of thiazole rings is 1. The highest BCUT2D eigenvalue weighted by Crippen LogP contribution is 2.33. The summed E-state index contributed by atoms with van der Waals surface area (Å²) >= 11 is 1.54. The molecule has 1 spiro atoms. The van der Waals surface area contributed by atoms with Crippen molar-refractivity contribution in [2.24, 2.45) is 0 Å². The van der Waals surface area contributed by atoms with Gasteiger partial charge in [0.15, 0.2) is 6.61 Å². The third-order valence-corrected chi connectivity index (χ3v) is 13.0. The summed E-state index contributed by atoms with van der Waals surface area (Å²) in [7, 11) is 0. The van der Waals surface area contributed by atoms with Gasteiger partial charge < -0.3 is 34.6 Å². The van der Waals surface area contributed by atoms with Crippen molar-refractivity contribution in [3.63, 3.8) is 0 Å². The number of hydrogen-bond acceptors (Lipinski definition) is 10. The number of nitrogens with zero attached hydrogens (tertiary/aromatic N) is 4. The highest BCUT2D eigenvalue weighted by molar-refractivity contribution is 7.09. The number of aromatic nitrogens is 1. The Balaban J connectivity index is 0.843. The van der Waals surface area contributed by atoms with Crippen LogP contribution in [0.5, 0.6) is 5.75 Å². The number of ether oxygens (including phenoxy) is 3. The molecule has 2 fully saturated rings. The monoisotopic (exact) mass is 854 g/mol. The molecular weight excluding hydrogens is 796 g/mol. The number of fused-ring (bicyclic) bond motifs is 1. The number of rotatable bonds is 18. The highest BCUT2D eigenvalue weighted by Gasteiger charge is 2.41. The second kappa shape index (κ2) is 20.9. The lowest BCUT2D eigenvalue weighted by molar-refractivity contribution is -0.133. The molecule has 0 aliphatic carbocycles. The summed E-state index contributed by atoms with van der Waals surface area (Å²) in [5.41, 5.74) is 5.31. The van der Waals surface area contributed by atoms with Crippen LogP contribution in [-0.2, 0) is 45.0 Å². The van der Waals surface area contributed by atoms with E-state index >= 15 is 4.39 Å². The number of carbonyl (C=O) groups is 3. The minimum atomic E-state index is -0.392. The second-order valence-electron chi connectivity index (χ2n) is 16.6. The second-order valence-corrected chi connectivity index (χ2v) is 17.5. The van der Waals surface area contributed by atoms with E-state index in [-0.39, 0.29) is 49.1 Å². The average molecular weight is 855 g/mol. The molecule has 4 aromatic rings. The summed E-state index contributed by atoms with van der Waals surface area (Å²) in [5.74, 6) is 0.609. The topological polar surface area (TPSA) is 126 Å². The molecule has 326 valence electrons. The van der Waals surface area contributed by atoms with Crippen LogP contribution in [-0.4, -0.2) is 115 Å². The first-order chi connectivity index (χ1) is 29.6. The van der Waals surface area contributed by atoms with Gasteiger partial charge in [-0.3, -0.25) is 19.3 Å². The fraction of sp³-hybridized carbons (Fsp3) is 0.489. The van der Waals surface area contributed by atoms with E-state index in [9.17, 15) is 14.4 Å². The number of anilines is 1. The van der Waals surface area contributed by atoms with E-state index < -0.39 is 5.60 Å². The van der Waals surface area contributed by atoms with Gasteiger partial charge in [0.1, 0.15) is 17.3 Å². The molecule has 3 aliphatic heterocycles. The Morgan fingerprint density at radius 1 is 0.984 bits per heavy atom. The van der Waals surface area contributed by atoms with Gasteiger partial charge in [-0.25, -0.2) is 9.37 Å². The number of para-hydroxylation sites is 1. The number of carbonyl (C=O) groups excluding carboxylic acids is 3. The number of hydrogen-bond donors (Lipinski definition) is 2. The molecule has 7 rings (SSSR count). The summed E-state index contributed by atoms with van der Waals surface area (Å²) in [6.07, 6.45) is 2.89. The van der Waals surface area contributed by atoms with E-state index in [2.05, 4.69) is 53.4 Å². The quantitative estimate of drug-likeness (QED) is 0.110. The number of amides is 3. The fourth-order valence-electron chi connectivity index (χ4n) is 8.26. The first kappa shape index (κ1) is 44.3. The van der Waals surface area contributed by atoms with Crippen LogP contribution < -0.4 is 15.4 Å². The van der Waals surface area contributed by atoms with Crippen molar-refractivity contribution in [3.05, 3.63) is 110 Å². The molecule has 12 nitrogen and oxygen atoms in total. The van der Waals surface area contributed by atoms with Crippen molar-refractivity contribution >= 4 is 34.7 Å². The fourth-order valence-corrected chi connectivity index (χ4v) is 9.07. The average Bonchev–Trinajstić information content (AvgIpc) is 3.77. The van der Waals surface area contributed by atoms with Gasteiger partial charge >= 0.3 is 0 Å². The Morgan fingerprint density at radius 2 is 1.75 bits per heavy atom. The summed E-state index contributed by atoms with van der Waals surface area (Å²) in [4.78, 5) is 49.2. The molecule has 3 amide bonds. The van der Waals surface area contributed by atoms with Gasteiger partial charge in [0.2, 0.25) is 5.91 Å². The largest absolute Gasteiger partial charge is 0.481 e. The van der Waals surface area contributed by atoms with Crippen LogP contribution in [0.3, 0.4) is 0 Å². The Hall–Kier alpha value is -4.73. The number of likely N-dealkylation sites (tertiary alicyclic amines) is 1. The normalized spacial score (nSPS) is 16.3. The molecule has 1 aromatic heterocycles. The molecule has 3 aliphatic rings. The first-order valence-electron chi connectivity index (χ1n) is 21.6. The summed E-state index contributed by atoms with van der Waals surface area (Å²) < 4.78 is 33.8. The van der Waals surface area contributed by atoms with E-state index in [0.29, 0.717) is 100 Å². The Labute approximate surface area is 362 Å². The van der Waals surface area contributed by atoms with Gasteiger partial charge in [0.25, 0.3) is 11.8 Å². The maximum Gasteiger partial charge on any atom is 0.273 e. The Kier molecular flexibility index (Phi) is 15.2. The minimum Gasteiger partial charge on any atom is -0.481 e. The van der Waals surface area contributed by atoms with E-state index in [1.807, 2.05) is 57.6 Å². The lowest BCUT2D eigenvalue weighted by Gasteiger charge is -2.47. The van der Waals surface area contributed by atoms with Crippen LogP contribution in [0.25, 0.3) is 0 Å². The Morgan fingerprint density at radius 3 is 2.56 bits per heavy atom. The number of benzene rings is 3. The zero-order valence-electron chi connectivity index (χ0n) is 35.7. The Bertz CT molecular complexity index is 2140. The van der Waals surface area contributed by atoms with Crippen LogP contribution in [0.4, 0.5) is 10.1 Å². The zero-order chi connectivity index (χ0) is 42.8. The first-order valence-corrected chi connectivity index (χ1v) is 22.5. The predicted octanol–water partition coefficient (Wildman–Crippen LogP) is 6.36. The molecule has 61 heavy (non-hydrogen) atoms. The van der Waals surface area contributed by atoms with Crippen molar-refractivity contribution in [1.29, 1.82) is 0 Å². The molecule has 0 bridgehead atoms. The lowest BCUT2D eigenvalue weighted by Crippen LogP contribution is -2.58. The molecule has 2 saturated heterocycles. The van der Waals surface area contributed by atoms with Gasteiger partial charge in [-0.15, -0.1) is 11.3 Å². The SMILES string of the molecule is Cc1ccccc1CN(CCNCCc1cccc2c1OCC(=O)N2)C(=O)CCOCCc1cccc(CN2CCC3(CC2)CN(C(=O)c2csc(C(C)C)n2)CCO3)c1F. The number of piperidine rings is 1. The molecule has 2 N–H and O–H groups in total. The van der Waals surface area contributed by atoms with Gasteiger partial charge in [0.05, 0.1) is 49.1 Å². The van der Waals surface area contributed by atoms with E-state index in [1.54, 1.807) is 6.07 Å². The van der Waals surface area contributed by atoms with Crippen molar-refractivity contribution in [3.8, 4) is 5.75 Å². The molecule has 0 saturated carbocycles. The molecule has 4 heterocycles. The predicted molar refractivity (Wildman–Crippen MR) is 235 cm³/mol. The lowest BCUT2D eigenvalue weighted by atomic mass is 9.89. The molecule has 0 radical (unpaired) electrons. The van der Waals surface area contributed by atoms with Crippen LogP contribution in [0, 0.1) is 12.7 Å². The van der Waals surface area contributed by atoms with Gasteiger partial charge in [-0.2, -0.15) is 0 Å². The molecule has 3 aromatic carbocycles. The van der Waals surface area contributed by atoms with Crippen LogP contribution in [0.2, 0.25) is 0 Å². The maximum absolute atomic E-state index is 15.8.